The third kappa shape index (κ3) is 4.26. The number of anilines is 3. The molecule has 3 rings (SSSR count). The van der Waals surface area contributed by atoms with E-state index in [2.05, 4.69) is 20.6 Å². The summed E-state index contributed by atoms with van der Waals surface area (Å²) in [6.45, 7) is 0. The second-order valence-corrected chi connectivity index (χ2v) is 5.53. The predicted octanol–water partition coefficient (Wildman–Crippen LogP) is 3.54. The van der Waals surface area contributed by atoms with E-state index in [9.17, 15) is 18.4 Å². The molecule has 0 unspecified atom stereocenters. The molecular weight excluding hydrogens is 370 g/mol. The lowest BCUT2D eigenvalue weighted by atomic mass is 10.2. The highest BCUT2D eigenvalue weighted by Gasteiger charge is 2.13. The van der Waals surface area contributed by atoms with Gasteiger partial charge in [-0.2, -0.15) is 0 Å². The summed E-state index contributed by atoms with van der Waals surface area (Å²) in [5.74, 6) is -2.95. The van der Waals surface area contributed by atoms with Crippen molar-refractivity contribution in [1.82, 2.24) is 9.97 Å². The molecule has 0 aliphatic heterocycles. The van der Waals surface area contributed by atoms with Crippen LogP contribution in [-0.4, -0.2) is 29.0 Å². The molecule has 1 aromatic heterocycles. The maximum Gasteiger partial charge on any atom is 0.339 e. The Kier molecular flexibility index (Phi) is 5.54. The van der Waals surface area contributed by atoms with E-state index in [4.69, 9.17) is 4.74 Å². The molecule has 2 aromatic carbocycles. The zero-order chi connectivity index (χ0) is 20.1. The van der Waals surface area contributed by atoms with Gasteiger partial charge in [0.2, 0.25) is 0 Å². The fraction of sp³-hybridized carbons (Fsp3) is 0.0526. The number of ether oxygens (including phenoxy) is 1. The highest BCUT2D eigenvalue weighted by Crippen LogP contribution is 2.20. The standard InChI is InChI=1S/C19H14F2N4O3/c1-28-19(27)12-4-2-3-5-15(12)25-17-10-22-16(9-23-17)18(26)24-11-6-7-13(20)14(21)8-11/h2-10H,1H3,(H,23,25)(H,24,26). The summed E-state index contributed by atoms with van der Waals surface area (Å²) in [6, 6.07) is 9.66. The molecule has 142 valence electrons. The van der Waals surface area contributed by atoms with Gasteiger partial charge in [-0.1, -0.05) is 12.1 Å². The van der Waals surface area contributed by atoms with E-state index in [1.54, 1.807) is 24.3 Å². The molecule has 9 heteroatoms. The van der Waals surface area contributed by atoms with Crippen LogP contribution in [0.5, 0.6) is 0 Å². The van der Waals surface area contributed by atoms with Crippen molar-refractivity contribution in [3.8, 4) is 0 Å². The van der Waals surface area contributed by atoms with Crippen molar-refractivity contribution >= 4 is 29.1 Å². The molecule has 0 saturated carbocycles. The fourth-order valence-electron chi connectivity index (χ4n) is 2.30. The normalized spacial score (nSPS) is 10.2. The van der Waals surface area contributed by atoms with Gasteiger partial charge in [0.1, 0.15) is 11.5 Å². The second kappa shape index (κ2) is 8.21. The number of para-hydroxylation sites is 1. The summed E-state index contributed by atoms with van der Waals surface area (Å²) in [4.78, 5) is 32.0. The van der Waals surface area contributed by atoms with E-state index in [-0.39, 0.29) is 11.4 Å². The lowest BCUT2D eigenvalue weighted by Gasteiger charge is -2.10. The SMILES string of the molecule is COC(=O)c1ccccc1Nc1cnc(C(=O)Nc2ccc(F)c(F)c2)cn1. The molecule has 0 saturated heterocycles. The van der Waals surface area contributed by atoms with E-state index in [0.717, 1.165) is 12.1 Å². The summed E-state index contributed by atoms with van der Waals surface area (Å²) < 4.78 is 30.9. The topological polar surface area (TPSA) is 93.2 Å². The van der Waals surface area contributed by atoms with Crippen LogP contribution < -0.4 is 10.6 Å². The molecule has 7 nitrogen and oxygen atoms in total. The number of hydrogen-bond acceptors (Lipinski definition) is 6. The summed E-state index contributed by atoms with van der Waals surface area (Å²) in [5, 5.41) is 5.32. The average molecular weight is 384 g/mol. The van der Waals surface area contributed by atoms with Crippen molar-refractivity contribution in [2.24, 2.45) is 0 Å². The highest BCUT2D eigenvalue weighted by molar-refractivity contribution is 6.02. The van der Waals surface area contributed by atoms with Crippen LogP contribution in [0.1, 0.15) is 20.8 Å². The van der Waals surface area contributed by atoms with Crippen LogP contribution >= 0.6 is 0 Å². The lowest BCUT2D eigenvalue weighted by molar-refractivity contribution is 0.0601. The van der Waals surface area contributed by atoms with E-state index < -0.39 is 23.5 Å². The van der Waals surface area contributed by atoms with Crippen molar-refractivity contribution in [2.45, 2.75) is 0 Å². The van der Waals surface area contributed by atoms with Crippen LogP contribution in [0.25, 0.3) is 0 Å². The van der Waals surface area contributed by atoms with Crippen LogP contribution in [0, 0.1) is 11.6 Å². The van der Waals surface area contributed by atoms with Crippen molar-refractivity contribution in [3.05, 3.63) is 77.8 Å². The Morgan fingerprint density at radius 1 is 1.00 bits per heavy atom. The average Bonchev–Trinajstić information content (AvgIpc) is 2.71. The van der Waals surface area contributed by atoms with Crippen molar-refractivity contribution in [2.75, 3.05) is 17.7 Å². The first-order valence-electron chi connectivity index (χ1n) is 8.00. The number of nitrogens with zero attached hydrogens (tertiary/aromatic N) is 2. The van der Waals surface area contributed by atoms with Crippen LogP contribution in [-0.2, 0) is 4.74 Å². The third-order valence-corrected chi connectivity index (χ3v) is 3.66. The molecule has 0 fully saturated rings. The fourth-order valence-corrected chi connectivity index (χ4v) is 2.30. The highest BCUT2D eigenvalue weighted by atomic mass is 19.2. The molecule has 0 atom stereocenters. The molecule has 2 N–H and O–H groups in total. The quantitative estimate of drug-likeness (QED) is 0.654. The van der Waals surface area contributed by atoms with Gasteiger partial charge < -0.3 is 15.4 Å². The first-order chi connectivity index (χ1) is 13.5. The number of aromatic nitrogens is 2. The largest absolute Gasteiger partial charge is 0.465 e. The summed E-state index contributed by atoms with van der Waals surface area (Å²) in [5.41, 5.74) is 0.825. The Morgan fingerprint density at radius 3 is 2.46 bits per heavy atom. The first-order valence-corrected chi connectivity index (χ1v) is 8.00. The van der Waals surface area contributed by atoms with Crippen molar-refractivity contribution in [1.29, 1.82) is 0 Å². The van der Waals surface area contributed by atoms with Gasteiger partial charge in [-0.25, -0.2) is 23.5 Å². The number of nitrogens with one attached hydrogen (secondary N) is 2. The van der Waals surface area contributed by atoms with Crippen molar-refractivity contribution < 1.29 is 23.1 Å². The minimum atomic E-state index is -1.08. The molecular formula is C19H14F2N4O3. The third-order valence-electron chi connectivity index (χ3n) is 3.66. The maximum absolute atomic E-state index is 13.2. The van der Waals surface area contributed by atoms with Crippen LogP contribution in [0.3, 0.4) is 0 Å². The molecule has 3 aromatic rings. The van der Waals surface area contributed by atoms with Crippen LogP contribution in [0.15, 0.2) is 54.9 Å². The zero-order valence-electron chi connectivity index (χ0n) is 14.6. The van der Waals surface area contributed by atoms with E-state index in [1.165, 1.54) is 25.6 Å². The summed E-state index contributed by atoms with van der Waals surface area (Å²) >= 11 is 0. The molecule has 0 aliphatic carbocycles. The van der Waals surface area contributed by atoms with Gasteiger partial charge in [-0.3, -0.25) is 4.79 Å². The monoisotopic (exact) mass is 384 g/mol. The zero-order valence-corrected chi connectivity index (χ0v) is 14.6. The number of esters is 1. The van der Waals surface area contributed by atoms with Gasteiger partial charge in [0.25, 0.3) is 5.91 Å². The number of carbonyl (C=O) groups excluding carboxylic acids is 2. The first kappa shape index (κ1) is 18.9. The van der Waals surface area contributed by atoms with Gasteiger partial charge in [0.15, 0.2) is 11.6 Å². The Hall–Kier alpha value is -3.88. The molecule has 1 heterocycles. The number of amides is 1. The second-order valence-electron chi connectivity index (χ2n) is 5.53. The molecule has 0 spiro atoms. The van der Waals surface area contributed by atoms with Gasteiger partial charge >= 0.3 is 5.97 Å². The number of halogens is 2. The van der Waals surface area contributed by atoms with Gasteiger partial charge in [-0.15, -0.1) is 0 Å². The van der Waals surface area contributed by atoms with Crippen molar-refractivity contribution in [3.63, 3.8) is 0 Å². The molecule has 1 amide bonds. The van der Waals surface area contributed by atoms with Crippen LogP contribution in [0.4, 0.5) is 26.0 Å². The maximum atomic E-state index is 13.2. The molecule has 28 heavy (non-hydrogen) atoms. The number of benzene rings is 2. The predicted molar refractivity (Wildman–Crippen MR) is 97.4 cm³/mol. The molecule has 0 bridgehead atoms. The van der Waals surface area contributed by atoms with E-state index in [0.29, 0.717) is 17.1 Å². The minimum absolute atomic E-state index is 0.0310. The number of hydrogen-bond donors (Lipinski definition) is 2. The Labute approximate surface area is 158 Å². The number of rotatable bonds is 5. The van der Waals surface area contributed by atoms with Gasteiger partial charge in [0.05, 0.1) is 30.8 Å². The summed E-state index contributed by atoms with van der Waals surface area (Å²) in [6.07, 6.45) is 2.51. The Morgan fingerprint density at radius 2 is 1.79 bits per heavy atom. The lowest BCUT2D eigenvalue weighted by Crippen LogP contribution is -2.14. The van der Waals surface area contributed by atoms with Gasteiger partial charge in [-0.05, 0) is 24.3 Å². The van der Waals surface area contributed by atoms with E-state index >= 15 is 0 Å². The Balaban J connectivity index is 1.72. The number of carbonyl (C=O) groups is 2. The Bertz CT molecular complexity index is 1030. The minimum Gasteiger partial charge on any atom is -0.465 e. The van der Waals surface area contributed by atoms with Gasteiger partial charge in [0, 0.05) is 11.8 Å². The van der Waals surface area contributed by atoms with Crippen LogP contribution in [0.2, 0.25) is 0 Å². The van der Waals surface area contributed by atoms with E-state index in [1.807, 2.05) is 0 Å². The molecule has 0 radical (unpaired) electrons. The summed E-state index contributed by atoms with van der Waals surface area (Å²) in [7, 11) is 1.28. The molecule has 0 aliphatic rings. The number of methoxy groups -OCH3 is 1. The smallest absolute Gasteiger partial charge is 0.339 e.